The lowest BCUT2D eigenvalue weighted by Gasteiger charge is -2.33. The highest BCUT2D eigenvalue weighted by Crippen LogP contribution is 2.39. The number of hydrogen-bond acceptors (Lipinski definition) is 9. The Morgan fingerprint density at radius 3 is 2.65 bits per heavy atom. The van der Waals surface area contributed by atoms with Crippen LogP contribution in [0.15, 0.2) is 61.1 Å². The summed E-state index contributed by atoms with van der Waals surface area (Å²) in [5, 5.41) is 24.8. The highest BCUT2D eigenvalue weighted by Gasteiger charge is 2.31. The van der Waals surface area contributed by atoms with Crippen molar-refractivity contribution in [2.75, 3.05) is 30.0 Å². The van der Waals surface area contributed by atoms with E-state index in [1.807, 2.05) is 51.8 Å². The van der Waals surface area contributed by atoms with E-state index in [4.69, 9.17) is 19.3 Å². The number of anilines is 2. The molecule has 1 unspecified atom stereocenters. The zero-order valence-corrected chi connectivity index (χ0v) is 31.8. The number of amides is 2. The lowest BCUT2D eigenvalue weighted by atomic mass is 9.85. The van der Waals surface area contributed by atoms with Gasteiger partial charge in [0.1, 0.15) is 23.4 Å². The van der Waals surface area contributed by atoms with Gasteiger partial charge in [0.05, 0.1) is 43.5 Å². The van der Waals surface area contributed by atoms with Crippen molar-refractivity contribution in [1.29, 1.82) is 0 Å². The number of pyridine rings is 1. The highest BCUT2D eigenvalue weighted by atomic mass is 16.7. The fourth-order valence-electron chi connectivity index (χ4n) is 7.76. The van der Waals surface area contributed by atoms with Crippen molar-refractivity contribution in [2.24, 2.45) is 0 Å². The first-order valence-electron chi connectivity index (χ1n) is 19.5. The molecule has 2 amide bonds. The zero-order valence-electron chi connectivity index (χ0n) is 31.8. The average Bonchev–Trinajstić information content (AvgIpc) is 3.92. The van der Waals surface area contributed by atoms with Crippen molar-refractivity contribution in [3.05, 3.63) is 77.9 Å². The van der Waals surface area contributed by atoms with Gasteiger partial charge in [-0.2, -0.15) is 10.2 Å². The standard InChI is InChI=1S/C40H52N10O4/c1-27-11-7-9-19-48(27)39-45-44-35-18-15-29(26-49(35)39)54-33-17-16-32(30-12-5-6-13-31(30)33)42-38(51)43-36-23-34(40(2,3)4)46-50(36)28-24-41-47(25-28)20-22-53-37-14-8-10-21-52-37/h5-6,12-13,15,18,23-27,32-33,37H,7-11,14,16-17,19-22H2,1-4H3,(H2,42,43,51)/t27-,32-,33+,37?/m0/s1. The molecule has 6 heterocycles. The van der Waals surface area contributed by atoms with E-state index in [2.05, 4.69) is 70.7 Å². The smallest absolute Gasteiger partial charge is 0.320 e. The van der Waals surface area contributed by atoms with Crippen LogP contribution in [0.25, 0.3) is 11.3 Å². The van der Waals surface area contributed by atoms with Gasteiger partial charge in [0.2, 0.25) is 5.95 Å². The Labute approximate surface area is 316 Å². The van der Waals surface area contributed by atoms with Crippen molar-refractivity contribution in [3.8, 4) is 11.4 Å². The van der Waals surface area contributed by atoms with E-state index in [9.17, 15) is 4.79 Å². The Bertz CT molecular complexity index is 2060. The molecule has 8 rings (SSSR count). The van der Waals surface area contributed by atoms with E-state index in [0.717, 1.165) is 91.5 Å². The molecule has 1 aliphatic carbocycles. The van der Waals surface area contributed by atoms with Gasteiger partial charge in [0, 0.05) is 30.7 Å². The van der Waals surface area contributed by atoms with E-state index < -0.39 is 0 Å². The number of aromatic nitrogens is 7. The van der Waals surface area contributed by atoms with E-state index in [1.165, 1.54) is 6.42 Å². The Morgan fingerprint density at radius 2 is 1.83 bits per heavy atom. The Morgan fingerprint density at radius 1 is 0.981 bits per heavy atom. The van der Waals surface area contributed by atoms with Gasteiger partial charge in [0.15, 0.2) is 11.9 Å². The van der Waals surface area contributed by atoms with Gasteiger partial charge in [-0.05, 0) is 81.5 Å². The van der Waals surface area contributed by atoms with Crippen LogP contribution in [0.4, 0.5) is 16.6 Å². The summed E-state index contributed by atoms with van der Waals surface area (Å²) in [7, 11) is 0. The first-order valence-corrected chi connectivity index (χ1v) is 19.5. The van der Waals surface area contributed by atoms with E-state index in [1.54, 1.807) is 10.9 Å². The lowest BCUT2D eigenvalue weighted by molar-refractivity contribution is -0.163. The molecule has 0 saturated carbocycles. The van der Waals surface area contributed by atoms with Crippen LogP contribution < -0.4 is 20.3 Å². The molecule has 0 bridgehead atoms. The van der Waals surface area contributed by atoms with E-state index >= 15 is 0 Å². The molecule has 14 nitrogen and oxygen atoms in total. The van der Waals surface area contributed by atoms with Gasteiger partial charge in [-0.3, -0.25) is 14.4 Å². The second kappa shape index (κ2) is 15.4. The molecule has 286 valence electrons. The number of piperidine rings is 1. The van der Waals surface area contributed by atoms with Gasteiger partial charge in [0.25, 0.3) is 0 Å². The molecule has 14 heteroatoms. The maximum absolute atomic E-state index is 13.7. The summed E-state index contributed by atoms with van der Waals surface area (Å²) in [6.07, 6.45) is 13.5. The molecule has 4 aromatic heterocycles. The molecule has 54 heavy (non-hydrogen) atoms. The minimum absolute atomic E-state index is 0.143. The van der Waals surface area contributed by atoms with Gasteiger partial charge < -0.3 is 24.4 Å². The van der Waals surface area contributed by atoms with Crippen LogP contribution in [0.3, 0.4) is 0 Å². The van der Waals surface area contributed by atoms with E-state index in [0.29, 0.717) is 31.4 Å². The third-order valence-corrected chi connectivity index (χ3v) is 10.8. The predicted molar refractivity (Wildman–Crippen MR) is 205 cm³/mol. The van der Waals surface area contributed by atoms with Crippen LogP contribution in [-0.2, 0) is 21.4 Å². The van der Waals surface area contributed by atoms with Crippen LogP contribution in [0.5, 0.6) is 5.75 Å². The third-order valence-electron chi connectivity index (χ3n) is 10.8. The number of nitrogens with one attached hydrogen (secondary N) is 2. The van der Waals surface area contributed by atoms with Crippen LogP contribution in [0.2, 0.25) is 0 Å². The molecule has 5 aromatic rings. The summed E-state index contributed by atoms with van der Waals surface area (Å²) in [6, 6.07) is 14.0. The Hall–Kier alpha value is -4.95. The van der Waals surface area contributed by atoms with Crippen LogP contribution in [0, 0.1) is 0 Å². The fraction of sp³-hybridized carbons (Fsp3) is 0.525. The first kappa shape index (κ1) is 36.0. The number of carbonyl (C=O) groups is 1. The second-order valence-electron chi connectivity index (χ2n) is 15.8. The van der Waals surface area contributed by atoms with Crippen molar-refractivity contribution in [2.45, 2.75) is 115 Å². The van der Waals surface area contributed by atoms with Crippen LogP contribution in [0.1, 0.15) is 108 Å². The summed E-state index contributed by atoms with van der Waals surface area (Å²) in [4.78, 5) is 16.1. The van der Waals surface area contributed by atoms with Gasteiger partial charge >= 0.3 is 6.03 Å². The molecule has 2 saturated heterocycles. The van der Waals surface area contributed by atoms with Crippen LogP contribution in [-0.4, -0.2) is 72.3 Å². The molecule has 3 aliphatic rings. The quantitative estimate of drug-likeness (QED) is 0.154. The predicted octanol–water partition coefficient (Wildman–Crippen LogP) is 7.11. The van der Waals surface area contributed by atoms with Gasteiger partial charge in [-0.15, -0.1) is 10.2 Å². The monoisotopic (exact) mass is 736 g/mol. The molecular weight excluding hydrogens is 685 g/mol. The normalized spacial score (nSPS) is 21.9. The van der Waals surface area contributed by atoms with Gasteiger partial charge in [-0.25, -0.2) is 9.48 Å². The molecule has 2 aliphatic heterocycles. The topological polar surface area (TPSA) is 138 Å². The average molecular weight is 737 g/mol. The number of carbonyl (C=O) groups excluding carboxylic acids is 1. The zero-order chi connectivity index (χ0) is 37.2. The number of fused-ring (bicyclic) bond motifs is 2. The molecular formula is C40H52N10O4. The second-order valence-corrected chi connectivity index (χ2v) is 15.8. The molecule has 2 fully saturated rings. The van der Waals surface area contributed by atoms with Gasteiger partial charge in [-0.1, -0.05) is 45.0 Å². The molecule has 4 atom stereocenters. The first-order chi connectivity index (χ1) is 26.2. The fourth-order valence-corrected chi connectivity index (χ4v) is 7.76. The van der Waals surface area contributed by atoms with Crippen molar-refractivity contribution in [1.82, 2.24) is 39.5 Å². The summed E-state index contributed by atoms with van der Waals surface area (Å²) in [5.74, 6) is 2.19. The molecule has 0 spiro atoms. The maximum atomic E-state index is 13.7. The summed E-state index contributed by atoms with van der Waals surface area (Å²) < 4.78 is 23.9. The number of nitrogens with zero attached hydrogens (tertiary/aromatic N) is 8. The molecule has 1 aromatic carbocycles. The minimum Gasteiger partial charge on any atom is -0.484 e. The highest BCUT2D eigenvalue weighted by molar-refractivity contribution is 5.89. The largest absolute Gasteiger partial charge is 0.484 e. The minimum atomic E-state index is -0.304. The maximum Gasteiger partial charge on any atom is 0.320 e. The number of benzene rings is 1. The number of ether oxygens (including phenoxy) is 3. The van der Waals surface area contributed by atoms with Crippen molar-refractivity contribution >= 4 is 23.4 Å². The molecule has 2 N–H and O–H groups in total. The number of hydrogen-bond donors (Lipinski definition) is 2. The molecule has 0 radical (unpaired) electrons. The number of rotatable bonds is 10. The van der Waals surface area contributed by atoms with Crippen molar-refractivity contribution < 1.29 is 19.0 Å². The SMILES string of the molecule is C[C@H]1CCCCN1c1nnc2ccc(O[C@@H]3CC[C@H](NC(=O)Nc4cc(C(C)(C)C)nn4-c4cnn(CCOC5CCCCO5)c4)c4ccccc43)cn12. The Balaban J connectivity index is 0.949. The van der Waals surface area contributed by atoms with Crippen molar-refractivity contribution in [3.63, 3.8) is 0 Å². The summed E-state index contributed by atoms with van der Waals surface area (Å²) >= 11 is 0. The summed E-state index contributed by atoms with van der Waals surface area (Å²) in [5.41, 5.74) is 4.28. The summed E-state index contributed by atoms with van der Waals surface area (Å²) in [6.45, 7) is 11.4. The van der Waals surface area contributed by atoms with E-state index in [-0.39, 0.29) is 29.9 Å². The number of urea groups is 1. The third kappa shape index (κ3) is 7.81. The lowest BCUT2D eigenvalue weighted by Crippen LogP contribution is -2.38. The Kier molecular flexibility index (Phi) is 10.3. The van der Waals surface area contributed by atoms with Crippen LogP contribution >= 0.6 is 0 Å².